The Labute approximate surface area is 119 Å². The van der Waals surface area contributed by atoms with E-state index < -0.39 is 17.7 Å². The zero-order valence-corrected chi connectivity index (χ0v) is 11.6. The minimum absolute atomic E-state index is 0.0770. The van der Waals surface area contributed by atoms with E-state index in [2.05, 4.69) is 15.3 Å². The summed E-state index contributed by atoms with van der Waals surface area (Å²) in [5, 5.41) is 2.59. The second kappa shape index (κ2) is 6.11. The normalized spacial score (nSPS) is 12.2. The number of ether oxygens (including phenoxy) is 1. The van der Waals surface area contributed by atoms with Crippen LogP contribution in [0.1, 0.15) is 17.3 Å². The molecule has 0 aliphatic carbocycles. The van der Waals surface area contributed by atoms with Gasteiger partial charge in [-0.1, -0.05) is 11.6 Å². The first-order chi connectivity index (χ1) is 9.58. The van der Waals surface area contributed by atoms with Gasteiger partial charge in [0.15, 0.2) is 0 Å². The van der Waals surface area contributed by atoms with E-state index >= 15 is 0 Å². The molecule has 2 rings (SSSR count). The summed E-state index contributed by atoms with van der Waals surface area (Å²) in [5.41, 5.74) is 0.436. The minimum Gasteiger partial charge on any atom is -0.480 e. The topological polar surface area (TPSA) is 47.0 Å². The molecule has 0 radical (unpaired) electrons. The lowest BCUT2D eigenvalue weighted by Crippen LogP contribution is -2.21. The molecule has 0 saturated heterocycles. The average Bonchev–Trinajstić information content (AvgIpc) is 2.45. The number of methoxy groups -OCH3 is 1. The second-order valence-corrected chi connectivity index (χ2v) is 4.37. The molecule has 0 bridgehead atoms. The van der Waals surface area contributed by atoms with E-state index in [1.54, 1.807) is 7.05 Å². The number of halogens is 3. The molecule has 0 spiro atoms. The monoisotopic (exact) mass is 299 g/mol. The number of nitrogens with zero attached hydrogens (tertiary/aromatic N) is 2. The highest BCUT2D eigenvalue weighted by Crippen LogP contribution is 2.30. The van der Waals surface area contributed by atoms with Gasteiger partial charge in [0.1, 0.15) is 17.3 Å². The van der Waals surface area contributed by atoms with Crippen LogP contribution in [-0.2, 0) is 0 Å². The Morgan fingerprint density at radius 3 is 2.55 bits per heavy atom. The molecule has 106 valence electrons. The van der Waals surface area contributed by atoms with Crippen LogP contribution >= 0.6 is 11.6 Å². The van der Waals surface area contributed by atoms with Crippen molar-refractivity contribution in [2.75, 3.05) is 14.2 Å². The highest BCUT2D eigenvalue weighted by molar-refractivity contribution is 6.30. The van der Waals surface area contributed by atoms with Crippen LogP contribution in [0.2, 0.25) is 5.02 Å². The summed E-state index contributed by atoms with van der Waals surface area (Å²) < 4.78 is 32.7. The Morgan fingerprint density at radius 1 is 1.20 bits per heavy atom. The van der Waals surface area contributed by atoms with Crippen LogP contribution in [0.5, 0.6) is 5.88 Å². The predicted octanol–water partition coefficient (Wildman–Crippen LogP) is 2.73. The van der Waals surface area contributed by atoms with Crippen molar-refractivity contribution in [2.24, 2.45) is 0 Å². The van der Waals surface area contributed by atoms with Crippen molar-refractivity contribution in [3.05, 3.63) is 52.4 Å². The van der Waals surface area contributed by atoms with Crippen LogP contribution in [0, 0.1) is 11.6 Å². The third-order valence-electron chi connectivity index (χ3n) is 2.80. The van der Waals surface area contributed by atoms with Crippen LogP contribution in [-0.4, -0.2) is 24.1 Å². The van der Waals surface area contributed by atoms with Crippen molar-refractivity contribution in [2.45, 2.75) is 6.04 Å². The van der Waals surface area contributed by atoms with Crippen LogP contribution in [0.15, 0.2) is 24.5 Å². The van der Waals surface area contributed by atoms with Gasteiger partial charge in [0.05, 0.1) is 18.2 Å². The lowest BCUT2D eigenvalue weighted by Gasteiger charge is -2.18. The van der Waals surface area contributed by atoms with E-state index in [0.29, 0.717) is 5.69 Å². The molecule has 4 nitrogen and oxygen atoms in total. The standard InChI is InChI=1S/C13H12ClF2N3O/c1-17-11(12-13(20-2)19-4-3-18-12)7-5-10(16)8(14)6-9(7)15/h3-6,11,17H,1-2H3. The van der Waals surface area contributed by atoms with Gasteiger partial charge in [-0.3, -0.25) is 4.98 Å². The fourth-order valence-electron chi connectivity index (χ4n) is 1.89. The number of hydrogen-bond acceptors (Lipinski definition) is 4. The first-order valence-electron chi connectivity index (χ1n) is 5.75. The quantitative estimate of drug-likeness (QED) is 0.882. The molecule has 20 heavy (non-hydrogen) atoms. The van der Waals surface area contributed by atoms with Gasteiger partial charge >= 0.3 is 0 Å². The number of aromatic nitrogens is 2. The zero-order valence-electron chi connectivity index (χ0n) is 10.8. The van der Waals surface area contributed by atoms with Crippen molar-refractivity contribution in [3.8, 4) is 5.88 Å². The molecule has 1 aromatic heterocycles. The molecule has 1 unspecified atom stereocenters. The highest BCUT2D eigenvalue weighted by Gasteiger charge is 2.23. The van der Waals surface area contributed by atoms with Crippen LogP contribution in [0.3, 0.4) is 0 Å². The molecular formula is C13H12ClF2N3O. The Bertz CT molecular complexity index is 625. The molecule has 0 fully saturated rings. The molecule has 1 atom stereocenters. The summed E-state index contributed by atoms with van der Waals surface area (Å²) in [5.74, 6) is -1.10. The van der Waals surface area contributed by atoms with Crippen molar-refractivity contribution in [3.63, 3.8) is 0 Å². The lowest BCUT2D eigenvalue weighted by atomic mass is 10.0. The number of hydrogen-bond donors (Lipinski definition) is 1. The summed E-state index contributed by atoms with van der Waals surface area (Å²) in [7, 11) is 3.03. The number of benzene rings is 1. The summed E-state index contributed by atoms with van der Waals surface area (Å²) in [6, 6.07) is 1.26. The molecule has 1 heterocycles. The van der Waals surface area contributed by atoms with Crippen LogP contribution in [0.4, 0.5) is 8.78 Å². The molecule has 1 N–H and O–H groups in total. The fraction of sp³-hybridized carbons (Fsp3) is 0.231. The van der Waals surface area contributed by atoms with E-state index in [1.165, 1.54) is 19.5 Å². The molecule has 0 aliphatic heterocycles. The van der Waals surface area contributed by atoms with E-state index in [9.17, 15) is 8.78 Å². The van der Waals surface area contributed by atoms with Crippen molar-refractivity contribution in [1.82, 2.24) is 15.3 Å². The summed E-state index contributed by atoms with van der Waals surface area (Å²) in [6.07, 6.45) is 2.90. The maximum absolute atomic E-state index is 14.0. The Morgan fingerprint density at radius 2 is 1.90 bits per heavy atom. The number of rotatable bonds is 4. The molecular weight excluding hydrogens is 288 g/mol. The fourth-order valence-corrected chi connectivity index (χ4v) is 2.04. The summed E-state index contributed by atoms with van der Waals surface area (Å²) in [4.78, 5) is 8.11. The summed E-state index contributed by atoms with van der Waals surface area (Å²) in [6.45, 7) is 0. The van der Waals surface area contributed by atoms with Gasteiger partial charge in [0.25, 0.3) is 0 Å². The molecule has 0 aliphatic rings. The Balaban J connectivity index is 2.55. The largest absolute Gasteiger partial charge is 0.480 e. The zero-order chi connectivity index (χ0) is 14.7. The number of nitrogens with one attached hydrogen (secondary N) is 1. The average molecular weight is 300 g/mol. The van der Waals surface area contributed by atoms with Gasteiger partial charge in [0.2, 0.25) is 5.88 Å². The molecule has 2 aromatic rings. The van der Waals surface area contributed by atoms with E-state index in [4.69, 9.17) is 16.3 Å². The van der Waals surface area contributed by atoms with Crippen molar-refractivity contribution >= 4 is 11.6 Å². The van der Waals surface area contributed by atoms with Crippen molar-refractivity contribution in [1.29, 1.82) is 0 Å². The van der Waals surface area contributed by atoms with Crippen molar-refractivity contribution < 1.29 is 13.5 Å². The van der Waals surface area contributed by atoms with Crippen LogP contribution < -0.4 is 10.1 Å². The van der Waals surface area contributed by atoms with Gasteiger partial charge in [-0.15, -0.1) is 0 Å². The second-order valence-electron chi connectivity index (χ2n) is 3.96. The summed E-state index contributed by atoms with van der Waals surface area (Å²) >= 11 is 5.55. The Kier molecular flexibility index (Phi) is 4.46. The molecule has 7 heteroatoms. The first-order valence-corrected chi connectivity index (χ1v) is 6.12. The first kappa shape index (κ1) is 14.6. The van der Waals surface area contributed by atoms with Crippen LogP contribution in [0.25, 0.3) is 0 Å². The smallest absolute Gasteiger partial charge is 0.237 e. The lowest BCUT2D eigenvalue weighted by molar-refractivity contribution is 0.383. The van der Waals surface area contributed by atoms with E-state index in [0.717, 1.165) is 12.1 Å². The maximum Gasteiger partial charge on any atom is 0.237 e. The van der Waals surface area contributed by atoms with E-state index in [-0.39, 0.29) is 16.5 Å². The van der Waals surface area contributed by atoms with E-state index in [1.807, 2.05) is 0 Å². The maximum atomic E-state index is 14.0. The molecule has 0 amide bonds. The van der Waals surface area contributed by atoms with Gasteiger partial charge in [-0.05, 0) is 19.2 Å². The van der Waals surface area contributed by atoms with Gasteiger partial charge in [-0.2, -0.15) is 0 Å². The minimum atomic E-state index is -0.703. The third-order valence-corrected chi connectivity index (χ3v) is 3.09. The molecule has 1 aromatic carbocycles. The van der Waals surface area contributed by atoms with Gasteiger partial charge in [0, 0.05) is 18.0 Å². The predicted molar refractivity (Wildman–Crippen MR) is 70.9 cm³/mol. The third kappa shape index (κ3) is 2.71. The molecule has 0 saturated carbocycles. The Hall–Kier alpha value is -1.79. The van der Waals surface area contributed by atoms with Gasteiger partial charge < -0.3 is 10.1 Å². The van der Waals surface area contributed by atoms with Gasteiger partial charge in [-0.25, -0.2) is 13.8 Å². The SMILES string of the molecule is CNC(c1cc(F)c(Cl)cc1F)c1nccnc1OC. The highest BCUT2D eigenvalue weighted by atomic mass is 35.5.